The monoisotopic (exact) mass is 405 g/mol. The molecule has 0 nitrogen and oxygen atoms in total. The summed E-state index contributed by atoms with van der Waals surface area (Å²) >= 11 is 1.64. The molecule has 0 spiro atoms. The number of allylic oxidation sites excluding steroid dienone is 1. The Morgan fingerprint density at radius 2 is 1.76 bits per heavy atom. The van der Waals surface area contributed by atoms with Crippen LogP contribution in [0.2, 0.25) is 0 Å². The molecule has 2 aromatic carbocycles. The predicted octanol–water partition coefficient (Wildman–Crippen LogP) is 7.01. The van der Waals surface area contributed by atoms with E-state index in [1.165, 1.54) is 60.8 Å². The van der Waals surface area contributed by atoms with E-state index in [9.17, 15) is 0 Å². The maximum absolute atomic E-state index is 2.56. The van der Waals surface area contributed by atoms with Gasteiger partial charge in [-0.25, -0.2) is 0 Å². The van der Waals surface area contributed by atoms with Gasteiger partial charge in [-0.1, -0.05) is 0 Å². The zero-order chi connectivity index (χ0) is 17.4. The number of rotatable bonds is 4. The average Bonchev–Trinajstić information content (AvgIpc) is 3.22. The minimum atomic E-state index is 0.590. The zero-order valence-corrected chi connectivity index (χ0v) is 17.9. The fourth-order valence-electron chi connectivity index (χ4n) is 4.82. The van der Waals surface area contributed by atoms with Gasteiger partial charge in [0.2, 0.25) is 0 Å². The van der Waals surface area contributed by atoms with Crippen LogP contribution in [0.15, 0.2) is 48.0 Å². The molecule has 1 heteroatoms. The Morgan fingerprint density at radius 3 is 2.44 bits per heavy atom. The second-order valence-corrected chi connectivity index (χ2v) is 9.48. The molecule has 25 heavy (non-hydrogen) atoms. The van der Waals surface area contributed by atoms with E-state index in [1.807, 2.05) is 0 Å². The number of fused-ring (bicyclic) bond motifs is 1. The maximum atomic E-state index is 2.56. The molecule has 4 rings (SSSR count). The molecule has 0 radical (unpaired) electrons. The summed E-state index contributed by atoms with van der Waals surface area (Å²) < 4.78 is 0.664. The Kier molecular flexibility index (Phi) is 4.89. The molecular formula is C24H27Zr. The number of aryl methyl sites for hydroxylation is 1. The quantitative estimate of drug-likeness (QED) is 0.512. The van der Waals surface area contributed by atoms with Crippen molar-refractivity contribution in [1.82, 2.24) is 0 Å². The Bertz CT molecular complexity index is 791. The summed E-state index contributed by atoms with van der Waals surface area (Å²) in [6.45, 7) is 4.57. The molecular weight excluding hydrogens is 379 g/mol. The van der Waals surface area contributed by atoms with Gasteiger partial charge in [0.25, 0.3) is 0 Å². The van der Waals surface area contributed by atoms with Crippen LogP contribution in [0.5, 0.6) is 0 Å². The van der Waals surface area contributed by atoms with E-state index in [-0.39, 0.29) is 0 Å². The third kappa shape index (κ3) is 3.26. The van der Waals surface area contributed by atoms with Crippen molar-refractivity contribution >= 4 is 6.08 Å². The van der Waals surface area contributed by atoms with Crippen molar-refractivity contribution in [2.75, 3.05) is 0 Å². The van der Waals surface area contributed by atoms with Gasteiger partial charge in [0.05, 0.1) is 0 Å². The van der Waals surface area contributed by atoms with Gasteiger partial charge in [-0.05, 0) is 0 Å². The first-order valence-corrected chi connectivity index (χ1v) is 11.2. The van der Waals surface area contributed by atoms with Gasteiger partial charge in [-0.3, -0.25) is 0 Å². The number of benzene rings is 2. The summed E-state index contributed by atoms with van der Waals surface area (Å²) in [6.07, 6.45) is 11.0. The van der Waals surface area contributed by atoms with E-state index >= 15 is 0 Å². The minimum absolute atomic E-state index is 0.590. The van der Waals surface area contributed by atoms with Gasteiger partial charge in [0.15, 0.2) is 0 Å². The molecule has 2 aromatic rings. The Balaban J connectivity index is 1.71. The molecule has 1 unspecified atom stereocenters. The van der Waals surface area contributed by atoms with Crippen LogP contribution in [0.3, 0.4) is 0 Å². The molecule has 127 valence electrons. The molecule has 2 aliphatic carbocycles. The predicted molar refractivity (Wildman–Crippen MR) is 103 cm³/mol. The van der Waals surface area contributed by atoms with Crippen molar-refractivity contribution in [3.8, 4) is 11.1 Å². The summed E-state index contributed by atoms with van der Waals surface area (Å²) in [5.41, 5.74) is 9.45. The van der Waals surface area contributed by atoms with Crippen molar-refractivity contribution in [1.29, 1.82) is 0 Å². The normalized spacial score (nSPS) is 21.2. The second-order valence-electron chi connectivity index (χ2n) is 8.06. The summed E-state index contributed by atoms with van der Waals surface area (Å²) in [5.74, 6) is 0. The van der Waals surface area contributed by atoms with E-state index in [2.05, 4.69) is 62.4 Å². The molecule has 1 fully saturated rings. The fourth-order valence-corrected chi connectivity index (χ4v) is 5.89. The van der Waals surface area contributed by atoms with Crippen molar-refractivity contribution in [2.24, 2.45) is 5.41 Å². The molecule has 2 aliphatic rings. The van der Waals surface area contributed by atoms with E-state index in [4.69, 9.17) is 0 Å². The Hall–Kier alpha value is -0.937. The SMILES string of the molecule is CCC1(CC2=Cc3c(-c4ccc(C)cc4)cccc3[CH]2[Zr])CCCC1. The van der Waals surface area contributed by atoms with Crippen molar-refractivity contribution in [3.05, 3.63) is 64.7 Å². The first-order valence-electron chi connectivity index (χ1n) is 9.73. The van der Waals surface area contributed by atoms with E-state index < -0.39 is 0 Å². The van der Waals surface area contributed by atoms with Crippen molar-refractivity contribution < 1.29 is 24.7 Å². The van der Waals surface area contributed by atoms with Crippen LogP contribution < -0.4 is 0 Å². The summed E-state index contributed by atoms with van der Waals surface area (Å²) in [7, 11) is 0. The number of hydrogen-bond donors (Lipinski definition) is 0. The Morgan fingerprint density at radius 1 is 1.04 bits per heavy atom. The van der Waals surface area contributed by atoms with Crippen LogP contribution in [-0.4, -0.2) is 0 Å². The Labute approximate surface area is 167 Å². The first kappa shape index (κ1) is 17.5. The van der Waals surface area contributed by atoms with Crippen LogP contribution >= 0.6 is 0 Å². The summed E-state index contributed by atoms with van der Waals surface area (Å²) in [5, 5.41) is 0. The third-order valence-electron chi connectivity index (χ3n) is 6.51. The fraction of sp³-hybridized carbons (Fsp3) is 0.417. The average molecular weight is 407 g/mol. The molecule has 0 bridgehead atoms. The van der Waals surface area contributed by atoms with Gasteiger partial charge in [0.1, 0.15) is 0 Å². The van der Waals surface area contributed by atoms with E-state index in [0.29, 0.717) is 9.04 Å². The van der Waals surface area contributed by atoms with Crippen LogP contribution in [0.4, 0.5) is 0 Å². The van der Waals surface area contributed by atoms with Gasteiger partial charge in [-0.15, -0.1) is 0 Å². The topological polar surface area (TPSA) is 0 Å². The molecule has 0 aliphatic heterocycles. The molecule has 1 saturated carbocycles. The van der Waals surface area contributed by atoms with Gasteiger partial charge in [0, 0.05) is 0 Å². The van der Waals surface area contributed by atoms with Gasteiger partial charge >= 0.3 is 168 Å². The van der Waals surface area contributed by atoms with Crippen LogP contribution in [0.25, 0.3) is 17.2 Å². The molecule has 0 saturated heterocycles. The molecule has 0 heterocycles. The van der Waals surface area contributed by atoms with Crippen molar-refractivity contribution in [2.45, 2.75) is 56.0 Å². The third-order valence-corrected chi connectivity index (χ3v) is 8.18. The second kappa shape index (κ2) is 6.99. The molecule has 1 atom stereocenters. The van der Waals surface area contributed by atoms with Crippen LogP contribution in [-0.2, 0) is 24.7 Å². The first-order chi connectivity index (χ1) is 12.1. The summed E-state index contributed by atoms with van der Waals surface area (Å²) in [6, 6.07) is 15.9. The molecule has 0 N–H and O–H groups in total. The zero-order valence-electron chi connectivity index (χ0n) is 15.4. The number of hydrogen-bond acceptors (Lipinski definition) is 0. The summed E-state index contributed by atoms with van der Waals surface area (Å²) in [4.78, 5) is 0. The standard InChI is InChI=1S/C24H27.Zr/c1-3-24(13-4-5-14-24)17-19-15-21-7-6-8-22(23(21)16-19)20-11-9-18(2)10-12-20;/h6-12,15-16H,3-5,13-14,17H2,1-2H3;. The van der Waals surface area contributed by atoms with E-state index in [0.717, 1.165) is 0 Å². The van der Waals surface area contributed by atoms with Crippen LogP contribution in [0, 0.1) is 12.3 Å². The van der Waals surface area contributed by atoms with Gasteiger partial charge < -0.3 is 0 Å². The molecule has 0 aromatic heterocycles. The van der Waals surface area contributed by atoms with Gasteiger partial charge in [-0.2, -0.15) is 0 Å². The van der Waals surface area contributed by atoms with Crippen LogP contribution in [0.1, 0.15) is 65.8 Å². The van der Waals surface area contributed by atoms with E-state index in [1.54, 1.807) is 35.9 Å². The molecule has 0 amide bonds. The van der Waals surface area contributed by atoms with Crippen molar-refractivity contribution in [3.63, 3.8) is 0 Å².